The zero-order chi connectivity index (χ0) is 12.0. The highest BCUT2D eigenvalue weighted by atomic mass is 16.5. The first kappa shape index (κ1) is 13.4. The van der Waals surface area contributed by atoms with E-state index in [9.17, 15) is 4.79 Å². The maximum absolute atomic E-state index is 12.0. The summed E-state index contributed by atoms with van der Waals surface area (Å²) in [6, 6.07) is 0.220. The van der Waals surface area contributed by atoms with Gasteiger partial charge in [0.2, 0.25) is 0 Å². The molecule has 0 spiro atoms. The summed E-state index contributed by atoms with van der Waals surface area (Å²) in [7, 11) is 0. The number of hydrogen-bond donors (Lipinski definition) is 1. The molecule has 0 aromatic carbocycles. The molecule has 0 radical (unpaired) electrons. The van der Waals surface area contributed by atoms with Gasteiger partial charge in [-0.25, -0.2) is 0 Å². The van der Waals surface area contributed by atoms with Gasteiger partial charge in [0, 0.05) is 12.5 Å². The minimum absolute atomic E-state index is 0.0471. The second-order valence-corrected chi connectivity index (χ2v) is 4.63. The third-order valence-corrected chi connectivity index (χ3v) is 2.95. The van der Waals surface area contributed by atoms with Crippen LogP contribution in [0.5, 0.6) is 0 Å². The third-order valence-electron chi connectivity index (χ3n) is 2.95. The Morgan fingerprint density at radius 1 is 1.44 bits per heavy atom. The van der Waals surface area contributed by atoms with E-state index in [0.717, 1.165) is 25.0 Å². The molecule has 1 saturated heterocycles. The number of nitrogens with one attached hydrogen (secondary N) is 1. The minimum Gasteiger partial charge on any atom is -0.379 e. The normalized spacial score (nSPS) is 24.6. The Morgan fingerprint density at radius 3 is 2.81 bits per heavy atom. The summed E-state index contributed by atoms with van der Waals surface area (Å²) in [4.78, 5) is 12.0. The summed E-state index contributed by atoms with van der Waals surface area (Å²) < 4.78 is 5.39. The van der Waals surface area contributed by atoms with Crippen molar-refractivity contribution in [3.8, 4) is 0 Å². The molecule has 0 aliphatic carbocycles. The fourth-order valence-corrected chi connectivity index (χ4v) is 1.92. The quantitative estimate of drug-likeness (QED) is 0.673. The number of allylic oxidation sites excluding steroid dienone is 1. The van der Waals surface area contributed by atoms with Crippen LogP contribution in [0.3, 0.4) is 0 Å². The van der Waals surface area contributed by atoms with E-state index in [0.29, 0.717) is 25.4 Å². The van der Waals surface area contributed by atoms with Gasteiger partial charge < -0.3 is 10.1 Å². The van der Waals surface area contributed by atoms with Crippen molar-refractivity contribution in [3.05, 3.63) is 12.2 Å². The summed E-state index contributed by atoms with van der Waals surface area (Å²) >= 11 is 0. The molecule has 0 bridgehead atoms. The minimum atomic E-state index is 0.0471. The van der Waals surface area contributed by atoms with Gasteiger partial charge in [0.1, 0.15) is 5.78 Å². The molecule has 1 fully saturated rings. The summed E-state index contributed by atoms with van der Waals surface area (Å²) in [5.41, 5.74) is 1.07. The number of rotatable bonds is 7. The van der Waals surface area contributed by atoms with E-state index in [1.54, 1.807) is 0 Å². The molecule has 0 aromatic rings. The van der Waals surface area contributed by atoms with Gasteiger partial charge in [0.05, 0.1) is 19.1 Å². The number of carbonyl (C=O) groups excluding carboxylic acids is 1. The second kappa shape index (κ2) is 6.81. The van der Waals surface area contributed by atoms with Gasteiger partial charge in [0.25, 0.3) is 0 Å². The summed E-state index contributed by atoms with van der Waals surface area (Å²) in [6.45, 7) is 10.1. The van der Waals surface area contributed by atoms with Crippen molar-refractivity contribution in [2.45, 2.75) is 39.2 Å². The molecule has 2 unspecified atom stereocenters. The predicted octanol–water partition coefficient (Wildman–Crippen LogP) is 1.93. The smallest absolute Gasteiger partial charge is 0.140 e. The van der Waals surface area contributed by atoms with Crippen LogP contribution in [0.1, 0.15) is 33.1 Å². The fourth-order valence-electron chi connectivity index (χ4n) is 1.92. The largest absolute Gasteiger partial charge is 0.379 e. The molecule has 3 nitrogen and oxygen atoms in total. The number of ether oxygens (including phenoxy) is 1. The molecule has 16 heavy (non-hydrogen) atoms. The first-order chi connectivity index (χ1) is 7.65. The van der Waals surface area contributed by atoms with E-state index in [-0.39, 0.29) is 12.0 Å². The van der Waals surface area contributed by atoms with Crippen LogP contribution in [0.2, 0.25) is 0 Å². The Labute approximate surface area is 98.2 Å². The topological polar surface area (TPSA) is 38.3 Å². The highest BCUT2D eigenvalue weighted by molar-refractivity contribution is 5.82. The Balaban J connectivity index is 2.37. The van der Waals surface area contributed by atoms with E-state index in [1.165, 1.54) is 0 Å². The molecule has 0 saturated carbocycles. The lowest BCUT2D eigenvalue weighted by molar-refractivity contribution is -0.123. The second-order valence-electron chi connectivity index (χ2n) is 4.63. The molecular formula is C13H23NO2. The van der Waals surface area contributed by atoms with Crippen molar-refractivity contribution in [1.29, 1.82) is 0 Å². The summed E-state index contributed by atoms with van der Waals surface area (Å²) in [5.74, 6) is 0.361. The van der Waals surface area contributed by atoms with Crippen molar-refractivity contribution in [2.75, 3.05) is 19.8 Å². The molecule has 3 heteroatoms. The number of hydrogen-bond acceptors (Lipinski definition) is 3. The van der Waals surface area contributed by atoms with Crippen molar-refractivity contribution in [3.63, 3.8) is 0 Å². The molecule has 0 amide bonds. The van der Waals surface area contributed by atoms with Gasteiger partial charge in [-0.15, -0.1) is 6.58 Å². The predicted molar refractivity (Wildman–Crippen MR) is 65.4 cm³/mol. The standard InChI is InChI=1S/C13H23NO2/c1-4-7-14-12-9-16-8-11(12)13(15)6-5-10(2)3/h11-12,14H,2,4-9H2,1,3H3. The highest BCUT2D eigenvalue weighted by Gasteiger charge is 2.32. The molecule has 1 aliphatic heterocycles. The van der Waals surface area contributed by atoms with Crippen molar-refractivity contribution < 1.29 is 9.53 Å². The van der Waals surface area contributed by atoms with Gasteiger partial charge in [-0.2, -0.15) is 0 Å². The Bertz CT molecular complexity index is 250. The molecule has 0 aromatic heterocycles. The molecule has 1 N–H and O–H groups in total. The van der Waals surface area contributed by atoms with Gasteiger partial charge in [-0.3, -0.25) is 4.79 Å². The number of ketones is 1. The summed E-state index contributed by atoms with van der Waals surface area (Å²) in [5, 5.41) is 3.38. The van der Waals surface area contributed by atoms with Gasteiger partial charge in [-0.1, -0.05) is 12.5 Å². The first-order valence-electron chi connectivity index (χ1n) is 6.13. The highest BCUT2D eigenvalue weighted by Crippen LogP contribution is 2.18. The monoisotopic (exact) mass is 225 g/mol. The van der Waals surface area contributed by atoms with Gasteiger partial charge >= 0.3 is 0 Å². The van der Waals surface area contributed by atoms with Gasteiger partial charge in [0.15, 0.2) is 0 Å². The lowest BCUT2D eigenvalue weighted by Crippen LogP contribution is -2.39. The van der Waals surface area contributed by atoms with Gasteiger partial charge in [-0.05, 0) is 26.3 Å². The fraction of sp³-hybridized carbons (Fsp3) is 0.769. The van der Waals surface area contributed by atoms with Crippen LogP contribution < -0.4 is 5.32 Å². The van der Waals surface area contributed by atoms with Crippen molar-refractivity contribution in [2.24, 2.45) is 5.92 Å². The Kier molecular flexibility index (Phi) is 5.71. The molecule has 1 aliphatic rings. The SMILES string of the molecule is C=C(C)CCC(=O)C1COCC1NCCC. The Hall–Kier alpha value is -0.670. The van der Waals surface area contributed by atoms with E-state index < -0.39 is 0 Å². The zero-order valence-electron chi connectivity index (χ0n) is 10.4. The molecular weight excluding hydrogens is 202 g/mol. The molecule has 1 rings (SSSR count). The Morgan fingerprint density at radius 2 is 2.19 bits per heavy atom. The van der Waals surface area contributed by atoms with Crippen molar-refractivity contribution in [1.82, 2.24) is 5.32 Å². The van der Waals surface area contributed by atoms with Crippen LogP contribution in [-0.4, -0.2) is 31.6 Å². The average molecular weight is 225 g/mol. The van der Waals surface area contributed by atoms with Crippen LogP contribution in [0.25, 0.3) is 0 Å². The lowest BCUT2D eigenvalue weighted by atomic mass is 9.94. The molecule has 1 heterocycles. The zero-order valence-corrected chi connectivity index (χ0v) is 10.4. The van der Waals surface area contributed by atoms with E-state index in [1.807, 2.05) is 6.92 Å². The van der Waals surface area contributed by atoms with Crippen LogP contribution in [0.4, 0.5) is 0 Å². The third kappa shape index (κ3) is 4.06. The molecule has 92 valence electrons. The van der Waals surface area contributed by atoms with Crippen LogP contribution in [-0.2, 0) is 9.53 Å². The maximum atomic E-state index is 12.0. The van der Waals surface area contributed by atoms with E-state index in [2.05, 4.69) is 18.8 Å². The van der Waals surface area contributed by atoms with Crippen LogP contribution >= 0.6 is 0 Å². The van der Waals surface area contributed by atoms with Crippen LogP contribution in [0, 0.1) is 5.92 Å². The maximum Gasteiger partial charge on any atom is 0.140 e. The average Bonchev–Trinajstić information content (AvgIpc) is 2.71. The summed E-state index contributed by atoms with van der Waals surface area (Å²) in [6.07, 6.45) is 2.49. The van der Waals surface area contributed by atoms with Crippen LogP contribution in [0.15, 0.2) is 12.2 Å². The number of Topliss-reactive ketones (excluding diaryl/α,β-unsaturated/α-hetero) is 1. The lowest BCUT2D eigenvalue weighted by Gasteiger charge is -2.17. The first-order valence-corrected chi connectivity index (χ1v) is 6.13. The molecule has 2 atom stereocenters. The van der Waals surface area contributed by atoms with E-state index >= 15 is 0 Å². The number of carbonyl (C=O) groups is 1. The van der Waals surface area contributed by atoms with Crippen molar-refractivity contribution >= 4 is 5.78 Å². The van der Waals surface area contributed by atoms with E-state index in [4.69, 9.17) is 4.74 Å².